The molecule has 1 aliphatic heterocycles. The highest BCUT2D eigenvalue weighted by Crippen LogP contribution is 2.58. The SMILES string of the molecule is COc1cc2c(c(OC)c1OC)-c1c(cc3c(c1OC)OCO3)[C@H](OC)[C@H](C)[C@H](C)C2. The first kappa shape index (κ1) is 21.4. The summed E-state index contributed by atoms with van der Waals surface area (Å²) >= 11 is 0. The fourth-order valence-corrected chi connectivity index (χ4v) is 4.81. The minimum absolute atomic E-state index is 0.147. The van der Waals surface area contributed by atoms with Gasteiger partial charge in [0.1, 0.15) is 0 Å². The summed E-state index contributed by atoms with van der Waals surface area (Å²) < 4.78 is 40.7. The third-order valence-corrected chi connectivity index (χ3v) is 6.49. The summed E-state index contributed by atoms with van der Waals surface area (Å²) in [5, 5.41) is 0. The summed E-state index contributed by atoms with van der Waals surface area (Å²) in [7, 11) is 8.25. The van der Waals surface area contributed by atoms with Gasteiger partial charge in [0.25, 0.3) is 0 Å². The van der Waals surface area contributed by atoms with Crippen molar-refractivity contribution in [3.8, 4) is 45.6 Å². The van der Waals surface area contributed by atoms with Crippen LogP contribution in [0.3, 0.4) is 0 Å². The second kappa shape index (κ2) is 8.38. The topological polar surface area (TPSA) is 64.6 Å². The summed E-state index contributed by atoms with van der Waals surface area (Å²) in [5.74, 6) is 4.15. The molecule has 0 radical (unpaired) electrons. The van der Waals surface area contributed by atoms with Gasteiger partial charge in [-0.15, -0.1) is 0 Å². The predicted molar refractivity (Wildman–Crippen MR) is 116 cm³/mol. The Morgan fingerprint density at radius 3 is 2.13 bits per heavy atom. The van der Waals surface area contributed by atoms with E-state index in [2.05, 4.69) is 13.8 Å². The van der Waals surface area contributed by atoms with Gasteiger partial charge in [-0.2, -0.15) is 0 Å². The zero-order chi connectivity index (χ0) is 22.3. The second-order valence-electron chi connectivity index (χ2n) is 7.98. The molecule has 0 unspecified atom stereocenters. The number of rotatable bonds is 5. The van der Waals surface area contributed by atoms with Gasteiger partial charge in [-0.3, -0.25) is 0 Å². The molecule has 0 fully saturated rings. The molecule has 2 aliphatic rings. The van der Waals surface area contributed by atoms with E-state index in [1.54, 1.807) is 35.5 Å². The van der Waals surface area contributed by atoms with Crippen LogP contribution in [0.2, 0.25) is 0 Å². The quantitative estimate of drug-likeness (QED) is 0.685. The summed E-state index contributed by atoms with van der Waals surface area (Å²) in [6.07, 6.45) is 0.642. The summed E-state index contributed by atoms with van der Waals surface area (Å²) in [6, 6.07) is 4.03. The van der Waals surface area contributed by atoms with Crippen LogP contribution in [-0.2, 0) is 11.2 Å². The van der Waals surface area contributed by atoms with Crippen molar-refractivity contribution in [3.05, 3.63) is 23.3 Å². The van der Waals surface area contributed by atoms with E-state index in [9.17, 15) is 0 Å². The Bertz CT molecular complexity index is 985. The maximum Gasteiger partial charge on any atom is 0.231 e. The fraction of sp³-hybridized carbons (Fsp3) is 0.500. The molecule has 3 atom stereocenters. The number of ether oxygens (including phenoxy) is 7. The Morgan fingerprint density at radius 2 is 1.52 bits per heavy atom. The van der Waals surface area contributed by atoms with Crippen LogP contribution in [0.5, 0.6) is 34.5 Å². The van der Waals surface area contributed by atoms with Crippen molar-refractivity contribution < 1.29 is 33.2 Å². The standard InChI is InChI=1S/C24H30O7/c1-12-8-14-9-16(25-3)21(27-5)23(28-6)18(14)19-15(20(26-4)13(12)2)10-17-22(24(19)29-7)31-11-30-17/h9-10,12-13,20H,8,11H2,1-7H3/t12-,13-,20-/m1/s1. The monoisotopic (exact) mass is 430 g/mol. The van der Waals surface area contributed by atoms with Crippen LogP contribution in [0.15, 0.2) is 12.1 Å². The molecule has 0 aromatic heterocycles. The van der Waals surface area contributed by atoms with E-state index in [0.29, 0.717) is 40.4 Å². The van der Waals surface area contributed by atoms with E-state index in [1.165, 1.54) is 0 Å². The van der Waals surface area contributed by atoms with Gasteiger partial charge in [0.15, 0.2) is 23.0 Å². The van der Waals surface area contributed by atoms with Gasteiger partial charge >= 0.3 is 0 Å². The number of fused-ring (bicyclic) bond motifs is 4. The van der Waals surface area contributed by atoms with Gasteiger partial charge in [0.05, 0.1) is 34.5 Å². The van der Waals surface area contributed by atoms with Crippen molar-refractivity contribution >= 4 is 0 Å². The first-order chi connectivity index (χ1) is 15.0. The molecule has 1 aliphatic carbocycles. The van der Waals surface area contributed by atoms with E-state index in [0.717, 1.165) is 28.7 Å². The number of hydrogen-bond acceptors (Lipinski definition) is 7. The molecule has 0 spiro atoms. The molecule has 168 valence electrons. The summed E-state index contributed by atoms with van der Waals surface area (Å²) in [6.45, 7) is 4.59. The molecule has 31 heavy (non-hydrogen) atoms. The number of hydrogen-bond donors (Lipinski definition) is 0. The van der Waals surface area contributed by atoms with Gasteiger partial charge in [0, 0.05) is 18.2 Å². The Kier molecular flexibility index (Phi) is 5.79. The number of benzene rings is 2. The first-order valence-electron chi connectivity index (χ1n) is 10.4. The predicted octanol–water partition coefficient (Wildman–Crippen LogP) is 4.63. The lowest BCUT2D eigenvalue weighted by atomic mass is 9.76. The highest BCUT2D eigenvalue weighted by atomic mass is 16.7. The van der Waals surface area contributed by atoms with Crippen LogP contribution in [0.4, 0.5) is 0 Å². The molecule has 0 N–H and O–H groups in total. The van der Waals surface area contributed by atoms with Crippen LogP contribution in [-0.4, -0.2) is 42.3 Å². The van der Waals surface area contributed by atoms with Gasteiger partial charge in [0.2, 0.25) is 18.3 Å². The smallest absolute Gasteiger partial charge is 0.231 e. The van der Waals surface area contributed by atoms with Crippen molar-refractivity contribution in [3.63, 3.8) is 0 Å². The molecule has 2 aromatic carbocycles. The van der Waals surface area contributed by atoms with E-state index < -0.39 is 0 Å². The highest BCUT2D eigenvalue weighted by molar-refractivity contribution is 5.88. The molecule has 4 rings (SSSR count). The molecule has 1 heterocycles. The third-order valence-electron chi connectivity index (χ3n) is 6.49. The summed E-state index contributed by atoms with van der Waals surface area (Å²) in [5.41, 5.74) is 3.81. The Labute approximate surface area is 183 Å². The van der Waals surface area contributed by atoms with Crippen LogP contribution >= 0.6 is 0 Å². The van der Waals surface area contributed by atoms with Crippen LogP contribution in [0.25, 0.3) is 11.1 Å². The lowest BCUT2D eigenvalue weighted by Gasteiger charge is -2.34. The van der Waals surface area contributed by atoms with Crippen LogP contribution < -0.4 is 28.4 Å². The number of methoxy groups -OCH3 is 5. The Hall–Kier alpha value is -2.80. The van der Waals surface area contributed by atoms with Crippen molar-refractivity contribution in [2.45, 2.75) is 26.4 Å². The molecule has 0 saturated heterocycles. The molecule has 7 nitrogen and oxygen atoms in total. The molecular weight excluding hydrogens is 400 g/mol. The van der Waals surface area contributed by atoms with Gasteiger partial charge in [-0.05, 0) is 41.5 Å². The first-order valence-corrected chi connectivity index (χ1v) is 10.4. The molecular formula is C24H30O7. The molecule has 0 bridgehead atoms. The average Bonchev–Trinajstić information content (AvgIpc) is 3.25. The maximum atomic E-state index is 6.04. The molecule has 2 aromatic rings. The van der Waals surface area contributed by atoms with Crippen LogP contribution in [0.1, 0.15) is 31.1 Å². The minimum atomic E-state index is -0.167. The largest absolute Gasteiger partial charge is 0.493 e. The average molecular weight is 430 g/mol. The van der Waals surface area contributed by atoms with E-state index in [-0.39, 0.29) is 18.8 Å². The highest BCUT2D eigenvalue weighted by Gasteiger charge is 2.38. The van der Waals surface area contributed by atoms with E-state index >= 15 is 0 Å². The van der Waals surface area contributed by atoms with Crippen molar-refractivity contribution in [1.29, 1.82) is 0 Å². The third kappa shape index (κ3) is 3.22. The molecule has 0 saturated carbocycles. The zero-order valence-electron chi connectivity index (χ0n) is 19.2. The summed E-state index contributed by atoms with van der Waals surface area (Å²) in [4.78, 5) is 0. The van der Waals surface area contributed by atoms with Crippen molar-refractivity contribution in [2.75, 3.05) is 42.3 Å². The van der Waals surface area contributed by atoms with Gasteiger partial charge < -0.3 is 33.2 Å². The second-order valence-corrected chi connectivity index (χ2v) is 7.98. The van der Waals surface area contributed by atoms with Crippen LogP contribution in [0, 0.1) is 11.8 Å². The maximum absolute atomic E-state index is 6.04. The molecule has 7 heteroatoms. The van der Waals surface area contributed by atoms with Gasteiger partial charge in [-0.25, -0.2) is 0 Å². The minimum Gasteiger partial charge on any atom is -0.493 e. The zero-order valence-corrected chi connectivity index (χ0v) is 19.2. The van der Waals surface area contributed by atoms with Crippen molar-refractivity contribution in [2.24, 2.45) is 11.8 Å². The normalized spacial score (nSPS) is 21.5. The van der Waals surface area contributed by atoms with E-state index in [1.807, 2.05) is 12.1 Å². The van der Waals surface area contributed by atoms with Crippen molar-refractivity contribution in [1.82, 2.24) is 0 Å². The van der Waals surface area contributed by atoms with Gasteiger partial charge in [-0.1, -0.05) is 13.8 Å². The lowest BCUT2D eigenvalue weighted by Crippen LogP contribution is -2.24. The molecule has 0 amide bonds. The Balaban J connectivity index is 2.17. The lowest BCUT2D eigenvalue weighted by molar-refractivity contribution is 0.0362. The van der Waals surface area contributed by atoms with E-state index in [4.69, 9.17) is 33.2 Å². The Morgan fingerprint density at radius 1 is 0.806 bits per heavy atom. The fourth-order valence-electron chi connectivity index (χ4n) is 4.81.